The Balaban J connectivity index is 1.41. The average molecular weight is 1590 g/mol. The first-order valence-corrected chi connectivity index (χ1v) is 41.5. The molecule has 4 saturated heterocycles. The summed E-state index contributed by atoms with van der Waals surface area (Å²) in [5, 5.41) is 186. The van der Waals surface area contributed by atoms with Crippen molar-refractivity contribution in [2.75, 3.05) is 33.0 Å². The van der Waals surface area contributed by atoms with Crippen molar-refractivity contribution in [1.82, 2.24) is 16.0 Å². The predicted molar refractivity (Wildman–Crippen MR) is 400 cm³/mol. The maximum absolute atomic E-state index is 13.6. The molecule has 4 aliphatic heterocycles. The molecular weight excluding hydrogens is 1440 g/mol. The Morgan fingerprint density at radius 1 is 0.455 bits per heavy atom. The van der Waals surface area contributed by atoms with Gasteiger partial charge < -0.3 is 136 Å². The highest BCUT2D eigenvalue weighted by atomic mass is 16.8. The molecule has 24 unspecified atom stereocenters. The number of aliphatic carboxylic acids is 2. The highest BCUT2D eigenvalue weighted by molar-refractivity contribution is 5.78. The van der Waals surface area contributed by atoms with Crippen molar-refractivity contribution in [2.45, 2.75) is 431 Å². The van der Waals surface area contributed by atoms with Crippen molar-refractivity contribution in [3.8, 4) is 0 Å². The number of ether oxygens (including phenoxy) is 8. The minimum absolute atomic E-state index is 0.180. The molecule has 19 N–H and O–H groups in total. The number of carbonyl (C=O) groups excluding carboxylic acids is 3. The largest absolute Gasteiger partial charge is 0.477 e. The first-order valence-electron chi connectivity index (χ1n) is 41.5. The van der Waals surface area contributed by atoms with Crippen LogP contribution in [0, 0.1) is 0 Å². The van der Waals surface area contributed by atoms with E-state index in [9.17, 15) is 106 Å². The lowest BCUT2D eigenvalue weighted by atomic mass is 9.87. The lowest BCUT2D eigenvalue weighted by molar-refractivity contribution is -0.388. The molecule has 24 atom stereocenters. The van der Waals surface area contributed by atoms with Crippen LogP contribution in [0.25, 0.3) is 0 Å². The Bertz CT molecular complexity index is 2500. The highest BCUT2D eigenvalue weighted by Crippen LogP contribution is 2.41. The number of carbonyl (C=O) groups is 5. The van der Waals surface area contributed by atoms with Gasteiger partial charge in [0.25, 0.3) is 11.6 Å². The monoisotopic (exact) mass is 1590 g/mol. The van der Waals surface area contributed by atoms with Gasteiger partial charge >= 0.3 is 11.9 Å². The zero-order chi connectivity index (χ0) is 81.2. The molecule has 0 aromatic heterocycles. The second-order valence-electron chi connectivity index (χ2n) is 31.1. The third-order valence-corrected chi connectivity index (χ3v) is 21.8. The molecule has 0 bridgehead atoms. The topological polar surface area (TPSA) is 519 Å². The van der Waals surface area contributed by atoms with Crippen LogP contribution in [-0.4, -0.2) is 290 Å². The maximum atomic E-state index is 13.6. The Morgan fingerprint density at radius 2 is 0.855 bits per heavy atom. The summed E-state index contributed by atoms with van der Waals surface area (Å²) in [7, 11) is 0. The molecule has 0 spiro atoms. The fraction of sp³-hybridized carbons (Fsp3) is 0.936. The first kappa shape index (κ1) is 98.8. The van der Waals surface area contributed by atoms with Crippen LogP contribution in [0.3, 0.4) is 0 Å². The zero-order valence-electron chi connectivity index (χ0n) is 66.0. The maximum Gasteiger partial charge on any atom is 0.364 e. The summed E-state index contributed by atoms with van der Waals surface area (Å²) < 4.78 is 46.6. The summed E-state index contributed by atoms with van der Waals surface area (Å²) in [5.74, 6) is -13.1. The third kappa shape index (κ3) is 33.2. The van der Waals surface area contributed by atoms with Crippen molar-refractivity contribution in [1.29, 1.82) is 0 Å². The number of unbranched alkanes of at least 4 members (excludes halogenated alkanes) is 34. The van der Waals surface area contributed by atoms with Gasteiger partial charge in [-0.3, -0.25) is 14.4 Å². The van der Waals surface area contributed by atoms with E-state index in [0.717, 1.165) is 65.2 Å². The molecule has 0 aromatic carbocycles. The van der Waals surface area contributed by atoms with Gasteiger partial charge in [-0.15, -0.1) is 0 Å². The van der Waals surface area contributed by atoms with E-state index in [1.165, 1.54) is 167 Å². The number of amides is 3. The van der Waals surface area contributed by atoms with E-state index in [2.05, 4.69) is 29.8 Å². The summed E-state index contributed by atoms with van der Waals surface area (Å²) in [6.45, 7) is 1.23. The highest BCUT2D eigenvalue weighted by Gasteiger charge is 2.62. The number of hydrogen-bond acceptors (Lipinski definition) is 27. The average Bonchev–Trinajstić information content (AvgIpc) is 0.752. The van der Waals surface area contributed by atoms with Crippen LogP contribution < -0.4 is 16.0 Å². The van der Waals surface area contributed by atoms with Crippen LogP contribution in [0.4, 0.5) is 0 Å². The van der Waals surface area contributed by atoms with E-state index in [1.807, 2.05) is 0 Å². The molecule has 4 aliphatic rings. The Kier molecular flexibility index (Phi) is 48.9. The molecule has 4 rings (SSSR count). The molecule has 0 aliphatic carbocycles. The number of aliphatic hydroxyl groups is 14. The van der Waals surface area contributed by atoms with Crippen molar-refractivity contribution >= 4 is 29.7 Å². The minimum atomic E-state index is -3.39. The van der Waals surface area contributed by atoms with Crippen LogP contribution in [0.2, 0.25) is 0 Å². The first-order chi connectivity index (χ1) is 52.7. The third-order valence-electron chi connectivity index (χ3n) is 21.8. The zero-order valence-corrected chi connectivity index (χ0v) is 66.0. The lowest BCUT2D eigenvalue weighted by Gasteiger charge is -2.51. The molecular formula is C78H143N3O29. The molecule has 0 radical (unpaired) electrons. The molecule has 0 aromatic rings. The second-order valence-corrected chi connectivity index (χ2v) is 31.1. The van der Waals surface area contributed by atoms with E-state index in [1.54, 1.807) is 0 Å². The number of carboxylic acid groups (broad SMARTS) is 2. The number of carboxylic acids is 2. The smallest absolute Gasteiger partial charge is 0.364 e. The standard InChI is InChI=1S/C78H143N3O29/c1-5-7-9-11-13-15-17-19-20-21-22-23-24-25-26-27-28-30-32-34-36-38-40-42-60(92)81-52(53(88)41-39-37-35-33-31-29-18-16-14-12-10-8-6-2)49-103-73-67(97)66(96)69(59(48-85)105-73)106-74-68(98)72(64(94)57(46-83)104-74)110-78(76(101)102)44-55(90)62(80-51(4)87)71(109-78)65(95)58(47-84)107-77(75(99)100)43-54(89)61(79-50(3)86)70(108-77)63(93)56(91)45-82/h52-59,61-74,82-85,88-91,93-98H,5-49H2,1-4H3,(H,79,86)(H,80,87)(H,81,92)(H,99,100)(H,101,102). The van der Waals surface area contributed by atoms with Gasteiger partial charge in [0, 0.05) is 33.1 Å². The molecule has 4 fully saturated rings. The predicted octanol–water partition coefficient (Wildman–Crippen LogP) is 3.68. The van der Waals surface area contributed by atoms with Crippen LogP contribution in [0.1, 0.15) is 285 Å². The molecule has 3 amide bonds. The quantitative estimate of drug-likeness (QED) is 0.0386. The van der Waals surface area contributed by atoms with Crippen molar-refractivity contribution in [3.63, 3.8) is 0 Å². The van der Waals surface area contributed by atoms with Gasteiger partial charge in [-0.2, -0.15) is 0 Å². The van der Waals surface area contributed by atoms with Crippen molar-refractivity contribution in [3.05, 3.63) is 0 Å². The van der Waals surface area contributed by atoms with E-state index < -0.39 is 216 Å². The molecule has 4 heterocycles. The van der Waals surface area contributed by atoms with E-state index >= 15 is 0 Å². The summed E-state index contributed by atoms with van der Waals surface area (Å²) in [6.07, 6.45) is 1.27. The SMILES string of the molecule is CCCCCCCCCCCCCCCCCCCCCCCCCC(=O)NC(COC1OC(CO)C(OC2OC(CO)C(O)C(OC3(C(=O)O)CC(O)C(NC(C)=O)C(C(O)C(CO)OC4(C(=O)O)CC(O)C(NC(C)=O)C(C(O)C(O)CO)O4)O3)C2O)C(O)C1O)C(O)CCCCCCCCCCCCCCC. The summed E-state index contributed by atoms with van der Waals surface area (Å²) in [5.41, 5.74) is 0. The van der Waals surface area contributed by atoms with E-state index in [0.29, 0.717) is 19.3 Å². The van der Waals surface area contributed by atoms with E-state index in [4.69, 9.17) is 37.9 Å². The summed E-state index contributed by atoms with van der Waals surface area (Å²) in [6, 6.07) is -4.64. The number of hydrogen-bond donors (Lipinski definition) is 19. The Labute approximate surface area is 650 Å². The number of nitrogens with one attached hydrogen (secondary N) is 3. The second kappa shape index (κ2) is 54.4. The fourth-order valence-corrected chi connectivity index (χ4v) is 15.2. The molecule has 644 valence electrons. The van der Waals surface area contributed by atoms with Crippen LogP contribution in [-0.2, 0) is 61.9 Å². The van der Waals surface area contributed by atoms with Gasteiger partial charge in [0.05, 0.1) is 69.5 Å². The lowest BCUT2D eigenvalue weighted by Crippen LogP contribution is -2.72. The normalized spacial score (nSPS) is 30.2. The van der Waals surface area contributed by atoms with Gasteiger partial charge in [0.2, 0.25) is 17.7 Å². The van der Waals surface area contributed by atoms with Gasteiger partial charge in [-0.05, 0) is 12.8 Å². The number of aliphatic hydroxyl groups excluding tert-OH is 14. The van der Waals surface area contributed by atoms with Crippen molar-refractivity contribution in [2.24, 2.45) is 0 Å². The van der Waals surface area contributed by atoms with Gasteiger partial charge in [0.1, 0.15) is 85.5 Å². The molecule has 32 nitrogen and oxygen atoms in total. The van der Waals surface area contributed by atoms with Gasteiger partial charge in [0.15, 0.2) is 12.6 Å². The fourth-order valence-electron chi connectivity index (χ4n) is 15.2. The van der Waals surface area contributed by atoms with Gasteiger partial charge in [-0.1, -0.05) is 239 Å². The Hall–Kier alpha value is -3.53. The Morgan fingerprint density at radius 3 is 1.26 bits per heavy atom. The van der Waals surface area contributed by atoms with Crippen LogP contribution >= 0.6 is 0 Å². The van der Waals surface area contributed by atoms with Crippen LogP contribution in [0.5, 0.6) is 0 Å². The van der Waals surface area contributed by atoms with Gasteiger partial charge in [-0.25, -0.2) is 9.59 Å². The molecule has 0 saturated carbocycles. The summed E-state index contributed by atoms with van der Waals surface area (Å²) >= 11 is 0. The van der Waals surface area contributed by atoms with Crippen molar-refractivity contribution < 1.29 is 144 Å². The minimum Gasteiger partial charge on any atom is -0.477 e. The van der Waals surface area contributed by atoms with E-state index in [-0.39, 0.29) is 12.3 Å². The van der Waals surface area contributed by atoms with Crippen LogP contribution in [0.15, 0.2) is 0 Å². The molecule has 32 heteroatoms. The molecule has 110 heavy (non-hydrogen) atoms. The number of rotatable bonds is 61. The summed E-state index contributed by atoms with van der Waals surface area (Å²) in [4.78, 5) is 65.2.